The predicted octanol–water partition coefficient (Wildman–Crippen LogP) is 4.79. The molecule has 1 aliphatic heterocycles. The van der Waals surface area contributed by atoms with Gasteiger partial charge in [0.1, 0.15) is 5.75 Å². The van der Waals surface area contributed by atoms with Gasteiger partial charge in [0.25, 0.3) is 5.91 Å². The first kappa shape index (κ1) is 23.1. The van der Waals surface area contributed by atoms with E-state index in [1.807, 2.05) is 61.5 Å². The van der Waals surface area contributed by atoms with E-state index in [-0.39, 0.29) is 11.9 Å². The molecule has 180 valence electrons. The zero-order valence-electron chi connectivity index (χ0n) is 20.4. The van der Waals surface area contributed by atoms with Crippen LogP contribution < -0.4 is 4.74 Å². The minimum absolute atomic E-state index is 0.0398. The van der Waals surface area contributed by atoms with Crippen molar-refractivity contribution >= 4 is 16.8 Å². The second-order valence-corrected chi connectivity index (χ2v) is 9.05. The van der Waals surface area contributed by atoms with Gasteiger partial charge in [0, 0.05) is 60.5 Å². The summed E-state index contributed by atoms with van der Waals surface area (Å²) in [5.74, 6) is 0.990. The fraction of sp³-hybridized carbons (Fsp3) is 0.321. The molecule has 0 unspecified atom stereocenters. The van der Waals surface area contributed by atoms with Crippen molar-refractivity contribution < 1.29 is 9.53 Å². The van der Waals surface area contributed by atoms with Crippen LogP contribution in [0.4, 0.5) is 0 Å². The molecule has 0 radical (unpaired) electrons. The van der Waals surface area contributed by atoms with Gasteiger partial charge in [0.2, 0.25) is 0 Å². The number of hydrogen-bond donors (Lipinski definition) is 1. The van der Waals surface area contributed by atoms with Crippen molar-refractivity contribution in [2.75, 3.05) is 33.3 Å². The lowest BCUT2D eigenvalue weighted by Crippen LogP contribution is -2.53. The maximum atomic E-state index is 13.8. The van der Waals surface area contributed by atoms with Crippen LogP contribution in [0.1, 0.15) is 35.8 Å². The molecule has 2 aromatic heterocycles. The average Bonchev–Trinajstić information content (AvgIpc) is 3.35. The van der Waals surface area contributed by atoms with Gasteiger partial charge < -0.3 is 14.5 Å². The number of nitrogens with one attached hydrogen (secondary N) is 1. The Morgan fingerprint density at radius 2 is 1.94 bits per heavy atom. The Kier molecular flexibility index (Phi) is 6.51. The topological polar surface area (TPSA) is 74.3 Å². The van der Waals surface area contributed by atoms with E-state index in [0.717, 1.165) is 47.2 Å². The zero-order chi connectivity index (χ0) is 24.4. The minimum atomic E-state index is -0.119. The van der Waals surface area contributed by atoms with Gasteiger partial charge in [0.05, 0.1) is 24.4 Å². The monoisotopic (exact) mass is 469 g/mol. The number of hydrogen-bond acceptors (Lipinski definition) is 5. The van der Waals surface area contributed by atoms with Crippen LogP contribution in [0.2, 0.25) is 0 Å². The van der Waals surface area contributed by atoms with E-state index < -0.39 is 0 Å². The van der Waals surface area contributed by atoms with Crippen LogP contribution in [0, 0.1) is 5.92 Å². The van der Waals surface area contributed by atoms with Crippen LogP contribution in [-0.2, 0) is 0 Å². The maximum Gasteiger partial charge on any atom is 0.254 e. The molecular weight excluding hydrogens is 438 g/mol. The molecule has 0 spiro atoms. The minimum Gasteiger partial charge on any atom is -0.493 e. The van der Waals surface area contributed by atoms with Gasteiger partial charge in [-0.3, -0.25) is 14.9 Å². The zero-order valence-corrected chi connectivity index (χ0v) is 20.4. The molecule has 1 N–H and O–H groups in total. The number of aromatic nitrogens is 3. The number of carbonyl (C=O) groups is 1. The van der Waals surface area contributed by atoms with Crippen LogP contribution in [0.5, 0.6) is 5.75 Å². The Hall–Kier alpha value is -3.71. The Morgan fingerprint density at radius 1 is 1.14 bits per heavy atom. The quantitative estimate of drug-likeness (QED) is 0.402. The van der Waals surface area contributed by atoms with E-state index in [0.29, 0.717) is 23.8 Å². The maximum absolute atomic E-state index is 13.8. The number of carbonyl (C=O) groups excluding carboxylic acids is 1. The molecule has 7 nitrogen and oxygen atoms in total. The summed E-state index contributed by atoms with van der Waals surface area (Å²) in [6.07, 6.45) is 5.45. The van der Waals surface area contributed by atoms with E-state index in [2.05, 4.69) is 39.1 Å². The Balaban J connectivity index is 1.50. The number of aromatic amines is 1. The van der Waals surface area contributed by atoms with E-state index >= 15 is 0 Å². The third kappa shape index (κ3) is 4.39. The Bertz CT molecular complexity index is 1310. The summed E-state index contributed by atoms with van der Waals surface area (Å²) in [7, 11) is 1.89. The van der Waals surface area contributed by atoms with Crippen LogP contribution in [0.25, 0.3) is 22.0 Å². The second kappa shape index (κ2) is 9.88. The van der Waals surface area contributed by atoms with Gasteiger partial charge in [-0.15, -0.1) is 0 Å². The third-order valence-corrected chi connectivity index (χ3v) is 6.93. The number of fused-ring (bicyclic) bond motifs is 1. The van der Waals surface area contributed by atoms with E-state index in [1.54, 1.807) is 12.4 Å². The van der Waals surface area contributed by atoms with Crippen LogP contribution in [0.15, 0.2) is 67.1 Å². The SMILES string of the molecule is CCOc1cc(C(=O)N(C)[C@H](c2cncc3cn[nH]c23)C2CN(CC)C2)ccc1-c1ccccc1. The number of amides is 1. The molecule has 4 aromatic rings. The van der Waals surface area contributed by atoms with Gasteiger partial charge in [0.15, 0.2) is 0 Å². The summed E-state index contributed by atoms with van der Waals surface area (Å²) in [5, 5.41) is 8.29. The van der Waals surface area contributed by atoms with Crippen LogP contribution in [-0.4, -0.2) is 64.2 Å². The van der Waals surface area contributed by atoms with Crippen molar-refractivity contribution in [3.8, 4) is 16.9 Å². The van der Waals surface area contributed by atoms with Gasteiger partial charge in [-0.05, 0) is 37.2 Å². The van der Waals surface area contributed by atoms with Crippen molar-refractivity contribution in [3.05, 3.63) is 78.2 Å². The van der Waals surface area contributed by atoms with Gasteiger partial charge >= 0.3 is 0 Å². The molecule has 1 atom stereocenters. The lowest BCUT2D eigenvalue weighted by Gasteiger charge is -2.46. The first-order valence-corrected chi connectivity index (χ1v) is 12.2. The average molecular weight is 470 g/mol. The lowest BCUT2D eigenvalue weighted by molar-refractivity contribution is 0.0285. The molecule has 0 aliphatic carbocycles. The first-order valence-electron chi connectivity index (χ1n) is 12.2. The molecule has 7 heteroatoms. The summed E-state index contributed by atoms with van der Waals surface area (Å²) in [6.45, 7) is 7.55. The fourth-order valence-electron chi connectivity index (χ4n) is 5.07. The number of ether oxygens (including phenoxy) is 1. The molecule has 5 rings (SSSR count). The highest BCUT2D eigenvalue weighted by molar-refractivity contribution is 5.96. The Morgan fingerprint density at radius 3 is 2.69 bits per heavy atom. The van der Waals surface area contributed by atoms with Crippen LogP contribution >= 0.6 is 0 Å². The molecular formula is C28H31N5O2. The fourth-order valence-corrected chi connectivity index (χ4v) is 5.07. The molecule has 1 saturated heterocycles. The molecule has 0 bridgehead atoms. The number of H-pyrrole nitrogens is 1. The van der Waals surface area contributed by atoms with Crippen molar-refractivity contribution in [1.82, 2.24) is 25.0 Å². The van der Waals surface area contributed by atoms with Crippen molar-refractivity contribution in [2.45, 2.75) is 19.9 Å². The van der Waals surface area contributed by atoms with E-state index in [9.17, 15) is 4.79 Å². The highest BCUT2D eigenvalue weighted by atomic mass is 16.5. The van der Waals surface area contributed by atoms with Gasteiger partial charge in [-0.25, -0.2) is 0 Å². The van der Waals surface area contributed by atoms with Gasteiger partial charge in [-0.1, -0.05) is 37.3 Å². The van der Waals surface area contributed by atoms with E-state index in [4.69, 9.17) is 4.74 Å². The second-order valence-electron chi connectivity index (χ2n) is 9.05. The van der Waals surface area contributed by atoms with Gasteiger partial charge in [-0.2, -0.15) is 5.10 Å². The van der Waals surface area contributed by atoms with Crippen LogP contribution in [0.3, 0.4) is 0 Å². The Labute approximate surface area is 205 Å². The molecule has 2 aromatic carbocycles. The normalized spacial score (nSPS) is 15.1. The summed E-state index contributed by atoms with van der Waals surface area (Å²) < 4.78 is 5.96. The number of benzene rings is 2. The van der Waals surface area contributed by atoms with E-state index in [1.165, 1.54) is 0 Å². The number of pyridine rings is 1. The number of rotatable bonds is 8. The lowest BCUT2D eigenvalue weighted by atomic mass is 9.85. The standard InChI is InChI=1S/C28H31N5O2/c1-4-33-17-22(18-33)27(24-16-29-14-21-15-30-31-26(21)24)32(3)28(34)20-11-12-23(25(13-20)35-5-2)19-9-7-6-8-10-19/h6-16,22,27H,4-5,17-18H2,1-3H3,(H,30,31)/t27-/m0/s1. The van der Waals surface area contributed by atoms with Crippen molar-refractivity contribution in [1.29, 1.82) is 0 Å². The molecule has 1 fully saturated rings. The third-order valence-electron chi connectivity index (χ3n) is 6.93. The summed E-state index contributed by atoms with van der Waals surface area (Å²) >= 11 is 0. The largest absolute Gasteiger partial charge is 0.493 e. The predicted molar refractivity (Wildman–Crippen MR) is 137 cm³/mol. The number of likely N-dealkylation sites (tertiary alicyclic amines) is 1. The van der Waals surface area contributed by atoms with Crippen molar-refractivity contribution in [2.24, 2.45) is 5.92 Å². The van der Waals surface area contributed by atoms with Crippen molar-refractivity contribution in [3.63, 3.8) is 0 Å². The summed E-state index contributed by atoms with van der Waals surface area (Å²) in [4.78, 5) is 22.5. The molecule has 35 heavy (non-hydrogen) atoms. The number of nitrogens with zero attached hydrogens (tertiary/aromatic N) is 4. The molecule has 3 heterocycles. The molecule has 1 amide bonds. The highest BCUT2D eigenvalue weighted by Crippen LogP contribution is 2.38. The first-order chi connectivity index (χ1) is 17.1. The summed E-state index contributed by atoms with van der Waals surface area (Å²) in [5.41, 5.74) is 4.59. The highest BCUT2D eigenvalue weighted by Gasteiger charge is 2.39. The summed E-state index contributed by atoms with van der Waals surface area (Å²) in [6, 6.07) is 15.7. The molecule has 1 aliphatic rings. The molecule has 0 saturated carbocycles. The smallest absolute Gasteiger partial charge is 0.254 e.